The monoisotopic (exact) mass is 462 g/mol. The lowest BCUT2D eigenvalue weighted by atomic mass is 9.95. The highest BCUT2D eigenvalue weighted by atomic mass is 127. The summed E-state index contributed by atoms with van der Waals surface area (Å²) in [5.41, 5.74) is 6.40. The van der Waals surface area contributed by atoms with Crippen LogP contribution < -0.4 is 16.4 Å². The van der Waals surface area contributed by atoms with Crippen LogP contribution in [-0.4, -0.2) is 31.5 Å². The van der Waals surface area contributed by atoms with Crippen molar-refractivity contribution in [1.29, 1.82) is 0 Å². The van der Waals surface area contributed by atoms with Gasteiger partial charge in [0.15, 0.2) is 5.96 Å². The van der Waals surface area contributed by atoms with Gasteiger partial charge in [-0.3, -0.25) is 9.79 Å². The third kappa shape index (κ3) is 7.58. The van der Waals surface area contributed by atoms with Gasteiger partial charge in [-0.15, -0.1) is 24.0 Å². The number of guanidine groups is 1. The smallest absolute Gasteiger partial charge is 0.222 e. The first-order valence-electron chi connectivity index (χ1n) is 8.59. The van der Waals surface area contributed by atoms with Crippen LogP contribution >= 0.6 is 24.0 Å². The zero-order valence-electron chi connectivity index (χ0n) is 14.6. The number of aliphatic imine (C=N–C) groups is 1. The van der Waals surface area contributed by atoms with Gasteiger partial charge in [0.25, 0.3) is 0 Å². The highest BCUT2D eigenvalue weighted by Crippen LogP contribution is 2.17. The predicted octanol–water partition coefficient (Wildman–Crippen LogP) is 2.59. The molecular weight excluding hydrogens is 434 g/mol. The molecule has 140 valence electrons. The van der Waals surface area contributed by atoms with E-state index in [1.165, 1.54) is 31.4 Å². The molecule has 1 fully saturated rings. The number of hydrogen-bond acceptors (Lipinski definition) is 2. The number of nitrogens with one attached hydrogen (secondary N) is 2. The van der Waals surface area contributed by atoms with Crippen molar-refractivity contribution in [2.75, 3.05) is 13.6 Å². The molecule has 2 rings (SSSR count). The van der Waals surface area contributed by atoms with Gasteiger partial charge < -0.3 is 16.4 Å². The van der Waals surface area contributed by atoms with Crippen LogP contribution in [0.2, 0.25) is 0 Å². The molecule has 0 aliphatic heterocycles. The van der Waals surface area contributed by atoms with E-state index in [1.807, 2.05) is 0 Å². The van der Waals surface area contributed by atoms with Gasteiger partial charge in [0, 0.05) is 19.6 Å². The summed E-state index contributed by atoms with van der Waals surface area (Å²) in [6.45, 7) is 0.402. The zero-order chi connectivity index (χ0) is 17.4. The molecule has 0 radical (unpaired) electrons. The first-order chi connectivity index (χ1) is 11.6. The molecule has 0 spiro atoms. The molecule has 7 heteroatoms. The third-order valence-corrected chi connectivity index (χ3v) is 4.48. The maximum absolute atomic E-state index is 13.0. The van der Waals surface area contributed by atoms with Crippen molar-refractivity contribution in [2.24, 2.45) is 16.6 Å². The van der Waals surface area contributed by atoms with Crippen LogP contribution in [0.4, 0.5) is 4.39 Å². The second-order valence-corrected chi connectivity index (χ2v) is 6.36. The number of carbonyl (C=O) groups is 1. The van der Waals surface area contributed by atoms with Crippen molar-refractivity contribution >= 4 is 35.8 Å². The van der Waals surface area contributed by atoms with Gasteiger partial charge in [-0.1, -0.05) is 31.4 Å². The van der Waals surface area contributed by atoms with Crippen molar-refractivity contribution in [2.45, 2.75) is 44.6 Å². The first kappa shape index (κ1) is 21.7. The van der Waals surface area contributed by atoms with E-state index < -0.39 is 0 Å². The number of primary amides is 1. The molecule has 1 aliphatic carbocycles. The number of nitrogens with zero attached hydrogens (tertiary/aromatic N) is 1. The quantitative estimate of drug-likeness (QED) is 0.346. The van der Waals surface area contributed by atoms with Crippen LogP contribution in [0, 0.1) is 11.7 Å². The van der Waals surface area contributed by atoms with Crippen LogP contribution in [0.3, 0.4) is 0 Å². The van der Waals surface area contributed by atoms with Crippen LogP contribution in [0.1, 0.15) is 37.7 Å². The number of halogens is 2. The van der Waals surface area contributed by atoms with Crippen molar-refractivity contribution < 1.29 is 9.18 Å². The Morgan fingerprint density at radius 3 is 2.48 bits per heavy atom. The molecule has 0 heterocycles. The molecule has 0 bridgehead atoms. The Morgan fingerprint density at radius 2 is 1.92 bits per heavy atom. The fourth-order valence-electron chi connectivity index (χ4n) is 3.03. The number of amides is 1. The molecule has 0 saturated heterocycles. The minimum Gasteiger partial charge on any atom is -0.369 e. The Labute approximate surface area is 166 Å². The number of nitrogens with two attached hydrogens (primary N) is 1. The summed E-state index contributed by atoms with van der Waals surface area (Å²) in [5.74, 6) is -0.336. The zero-order valence-corrected chi connectivity index (χ0v) is 17.0. The molecule has 25 heavy (non-hydrogen) atoms. The molecule has 5 nitrogen and oxygen atoms in total. The second-order valence-electron chi connectivity index (χ2n) is 6.36. The molecule has 1 aliphatic rings. The normalized spacial score (nSPS) is 16.6. The lowest BCUT2D eigenvalue weighted by molar-refractivity contribution is -0.121. The molecule has 1 amide bonds. The van der Waals surface area contributed by atoms with Gasteiger partial charge in [-0.05, 0) is 37.0 Å². The van der Waals surface area contributed by atoms with E-state index in [-0.39, 0.29) is 41.6 Å². The fourth-order valence-corrected chi connectivity index (χ4v) is 3.03. The van der Waals surface area contributed by atoms with Crippen molar-refractivity contribution in [3.63, 3.8) is 0 Å². The Kier molecular flexibility index (Phi) is 9.77. The van der Waals surface area contributed by atoms with E-state index in [9.17, 15) is 9.18 Å². The molecule has 1 aromatic carbocycles. The van der Waals surface area contributed by atoms with Gasteiger partial charge in [-0.2, -0.15) is 0 Å². The van der Waals surface area contributed by atoms with Crippen LogP contribution in [0.25, 0.3) is 0 Å². The Bertz CT molecular complexity index is 559. The van der Waals surface area contributed by atoms with Crippen LogP contribution in [-0.2, 0) is 11.2 Å². The minimum atomic E-state index is -0.375. The summed E-state index contributed by atoms with van der Waals surface area (Å²) >= 11 is 0. The lowest BCUT2D eigenvalue weighted by Gasteiger charge is -2.25. The molecule has 1 saturated carbocycles. The van der Waals surface area contributed by atoms with E-state index in [2.05, 4.69) is 15.6 Å². The number of carbonyl (C=O) groups excluding carboxylic acids is 1. The summed E-state index contributed by atoms with van der Waals surface area (Å²) in [4.78, 5) is 15.9. The molecule has 1 aromatic rings. The topological polar surface area (TPSA) is 79.5 Å². The van der Waals surface area contributed by atoms with E-state index in [0.29, 0.717) is 25.0 Å². The van der Waals surface area contributed by atoms with Crippen molar-refractivity contribution in [3.8, 4) is 0 Å². The van der Waals surface area contributed by atoms with Gasteiger partial charge in [0.2, 0.25) is 5.91 Å². The summed E-state index contributed by atoms with van der Waals surface area (Å²) in [6.07, 6.45) is 6.55. The Morgan fingerprint density at radius 1 is 1.28 bits per heavy atom. The van der Waals surface area contributed by atoms with E-state index in [0.717, 1.165) is 18.4 Å². The van der Waals surface area contributed by atoms with Crippen molar-refractivity contribution in [1.82, 2.24) is 10.6 Å². The predicted molar refractivity (Wildman–Crippen MR) is 110 cm³/mol. The summed E-state index contributed by atoms with van der Waals surface area (Å²) in [5, 5.41) is 6.60. The second kappa shape index (κ2) is 11.3. The highest BCUT2D eigenvalue weighted by Gasteiger charge is 2.18. The molecule has 1 atom stereocenters. The summed E-state index contributed by atoms with van der Waals surface area (Å²) in [6, 6.07) is 6.59. The lowest BCUT2D eigenvalue weighted by Crippen LogP contribution is -2.47. The van der Waals surface area contributed by atoms with E-state index in [4.69, 9.17) is 5.73 Å². The average Bonchev–Trinajstić information content (AvgIpc) is 2.59. The average molecular weight is 462 g/mol. The highest BCUT2D eigenvalue weighted by molar-refractivity contribution is 14.0. The van der Waals surface area contributed by atoms with Crippen LogP contribution in [0.15, 0.2) is 29.3 Å². The Balaban J connectivity index is 0.00000312. The third-order valence-electron chi connectivity index (χ3n) is 4.48. The Hall–Kier alpha value is -1.38. The molecule has 4 N–H and O–H groups in total. The SMILES string of the molecule is CN=C(NCC(Cc1ccc(F)cc1)C(N)=O)NC1CCCCC1.I. The first-order valence-corrected chi connectivity index (χ1v) is 8.59. The van der Waals surface area contributed by atoms with Crippen LogP contribution in [0.5, 0.6) is 0 Å². The maximum Gasteiger partial charge on any atom is 0.222 e. The fraction of sp³-hybridized carbons (Fsp3) is 0.556. The van der Waals surface area contributed by atoms with E-state index in [1.54, 1.807) is 19.2 Å². The van der Waals surface area contributed by atoms with Gasteiger partial charge in [0.1, 0.15) is 5.82 Å². The number of rotatable bonds is 6. The van der Waals surface area contributed by atoms with Gasteiger partial charge >= 0.3 is 0 Å². The summed E-state index contributed by atoms with van der Waals surface area (Å²) in [7, 11) is 1.72. The standard InChI is InChI=1S/C18H27FN4O.HI/c1-21-18(23-16-5-3-2-4-6-16)22-12-14(17(20)24)11-13-7-9-15(19)10-8-13;/h7-10,14,16H,2-6,11-12H2,1H3,(H2,20,24)(H2,21,22,23);1H. The number of benzene rings is 1. The molecular formula is C18H28FIN4O. The number of hydrogen-bond donors (Lipinski definition) is 3. The maximum atomic E-state index is 13.0. The van der Waals surface area contributed by atoms with E-state index >= 15 is 0 Å². The molecule has 0 aromatic heterocycles. The molecule has 1 unspecified atom stereocenters. The van der Waals surface area contributed by atoms with Gasteiger partial charge in [-0.25, -0.2) is 4.39 Å². The largest absolute Gasteiger partial charge is 0.369 e. The van der Waals surface area contributed by atoms with Gasteiger partial charge in [0.05, 0.1) is 5.92 Å². The van der Waals surface area contributed by atoms with Crippen molar-refractivity contribution in [3.05, 3.63) is 35.6 Å². The summed E-state index contributed by atoms with van der Waals surface area (Å²) < 4.78 is 13.0. The minimum absolute atomic E-state index is 0.